The molecule has 1 unspecified atom stereocenters. The first-order chi connectivity index (χ1) is 10.8. The van der Waals surface area contributed by atoms with Crippen molar-refractivity contribution in [2.24, 2.45) is 5.92 Å². The third-order valence-electron chi connectivity index (χ3n) is 4.20. The average molecular weight is 334 g/mol. The molecule has 130 valence electrons. The van der Waals surface area contributed by atoms with E-state index in [-0.39, 0.29) is 24.5 Å². The summed E-state index contributed by atoms with van der Waals surface area (Å²) in [6.07, 6.45) is -1.56. The maximum Gasteiger partial charge on any atom is 0.416 e. The van der Waals surface area contributed by atoms with E-state index in [1.54, 1.807) is 0 Å². The van der Waals surface area contributed by atoms with Crippen LogP contribution in [-0.2, 0) is 17.3 Å². The van der Waals surface area contributed by atoms with Gasteiger partial charge in [0.05, 0.1) is 17.8 Å². The normalized spacial score (nSPS) is 18.0. The molecule has 23 heavy (non-hydrogen) atoms. The van der Waals surface area contributed by atoms with Crippen molar-refractivity contribution < 1.29 is 27.4 Å². The van der Waals surface area contributed by atoms with Crippen LogP contribution in [0.5, 0.6) is 0 Å². The quantitative estimate of drug-likeness (QED) is 0.566. The van der Waals surface area contributed by atoms with Crippen molar-refractivity contribution in [3.63, 3.8) is 0 Å². The van der Waals surface area contributed by atoms with Crippen LogP contribution in [-0.4, -0.2) is 23.9 Å². The molecule has 0 heterocycles. The molecule has 2 nitrogen and oxygen atoms in total. The smallest absolute Gasteiger partial charge is 0.387 e. The highest BCUT2D eigenvalue weighted by atomic mass is 19.4. The van der Waals surface area contributed by atoms with Gasteiger partial charge < -0.3 is 9.84 Å². The number of halogens is 4. The van der Waals surface area contributed by atoms with Crippen LogP contribution >= 0.6 is 0 Å². The van der Waals surface area contributed by atoms with Gasteiger partial charge in [-0.15, -0.1) is 0 Å². The van der Waals surface area contributed by atoms with E-state index in [1.807, 2.05) is 6.92 Å². The fraction of sp³-hybridized carbons (Fsp3) is 0.647. The summed E-state index contributed by atoms with van der Waals surface area (Å²) >= 11 is 0. The maximum absolute atomic E-state index is 13.4. The van der Waals surface area contributed by atoms with Crippen LogP contribution in [0.3, 0.4) is 0 Å². The van der Waals surface area contributed by atoms with Crippen LogP contribution in [0.1, 0.15) is 43.7 Å². The Morgan fingerprint density at radius 2 is 1.96 bits per heavy atom. The lowest BCUT2D eigenvalue weighted by Crippen LogP contribution is -2.40. The van der Waals surface area contributed by atoms with E-state index >= 15 is 0 Å². The van der Waals surface area contributed by atoms with Crippen molar-refractivity contribution in [1.82, 2.24) is 0 Å². The second-order valence-electron chi connectivity index (χ2n) is 6.26. The average Bonchev–Trinajstić information content (AvgIpc) is 3.27. The zero-order chi connectivity index (χ0) is 17.1. The van der Waals surface area contributed by atoms with E-state index in [1.165, 1.54) is 0 Å². The molecule has 0 saturated heterocycles. The van der Waals surface area contributed by atoms with Gasteiger partial charge in [-0.05, 0) is 48.9 Å². The molecule has 0 radical (unpaired) electrons. The zero-order valence-electron chi connectivity index (χ0n) is 13.1. The zero-order valence-corrected chi connectivity index (χ0v) is 13.1. The van der Waals surface area contributed by atoms with Crippen molar-refractivity contribution in [1.29, 1.82) is 0 Å². The molecule has 1 aliphatic carbocycles. The van der Waals surface area contributed by atoms with Gasteiger partial charge in [-0.25, -0.2) is 4.39 Å². The van der Waals surface area contributed by atoms with Crippen molar-refractivity contribution in [2.75, 3.05) is 13.2 Å². The van der Waals surface area contributed by atoms with E-state index in [0.29, 0.717) is 6.61 Å². The number of hydrogen-bond donors (Lipinski definition) is 1. The molecular formula is C17H22F4O2. The molecule has 2 rings (SSSR count). The van der Waals surface area contributed by atoms with E-state index < -0.39 is 23.2 Å². The van der Waals surface area contributed by atoms with E-state index in [0.717, 1.165) is 43.9 Å². The minimum atomic E-state index is -4.57. The molecule has 1 atom stereocenters. The predicted octanol–water partition coefficient (Wildman–Crippen LogP) is 4.34. The highest BCUT2D eigenvalue weighted by Crippen LogP contribution is 2.43. The Kier molecular flexibility index (Phi) is 5.68. The first-order valence-corrected chi connectivity index (χ1v) is 7.92. The van der Waals surface area contributed by atoms with Gasteiger partial charge in [0, 0.05) is 13.0 Å². The molecule has 1 aliphatic rings. The lowest BCUT2D eigenvalue weighted by molar-refractivity contribution is -0.139. The van der Waals surface area contributed by atoms with E-state index in [4.69, 9.17) is 4.74 Å². The summed E-state index contributed by atoms with van der Waals surface area (Å²) in [6.45, 7) is 2.44. The number of unbranched alkanes of at least 4 members (excludes halogenated alkanes) is 1. The van der Waals surface area contributed by atoms with Gasteiger partial charge >= 0.3 is 6.18 Å². The number of rotatable bonds is 8. The van der Waals surface area contributed by atoms with Crippen LogP contribution in [0, 0.1) is 11.7 Å². The third-order valence-corrected chi connectivity index (χ3v) is 4.20. The second-order valence-corrected chi connectivity index (χ2v) is 6.26. The third kappa shape index (κ3) is 4.91. The molecule has 0 bridgehead atoms. The molecule has 0 aromatic heterocycles. The first-order valence-electron chi connectivity index (χ1n) is 7.92. The summed E-state index contributed by atoms with van der Waals surface area (Å²) in [7, 11) is 0. The summed E-state index contributed by atoms with van der Waals surface area (Å²) in [5, 5.41) is 10.8. The number of aliphatic hydroxyl groups is 1. The highest BCUT2D eigenvalue weighted by molar-refractivity contribution is 5.32. The fourth-order valence-corrected chi connectivity index (χ4v) is 2.74. The highest BCUT2D eigenvalue weighted by Gasteiger charge is 2.45. The maximum atomic E-state index is 13.4. The van der Waals surface area contributed by atoms with Gasteiger partial charge in [0.2, 0.25) is 0 Å². The van der Waals surface area contributed by atoms with Gasteiger partial charge in [0.25, 0.3) is 0 Å². The molecule has 1 N–H and O–H groups in total. The van der Waals surface area contributed by atoms with Crippen molar-refractivity contribution in [3.8, 4) is 0 Å². The molecule has 6 heteroatoms. The first kappa shape index (κ1) is 18.2. The Morgan fingerprint density at radius 1 is 1.26 bits per heavy atom. The summed E-state index contributed by atoms with van der Waals surface area (Å²) in [4.78, 5) is 0. The van der Waals surface area contributed by atoms with Crippen LogP contribution < -0.4 is 0 Å². The lowest BCUT2D eigenvalue weighted by atomic mass is 9.88. The molecule has 0 spiro atoms. The van der Waals surface area contributed by atoms with Crippen LogP contribution in [0.4, 0.5) is 17.6 Å². The number of ether oxygens (including phenoxy) is 1. The molecule has 0 aliphatic heterocycles. The molecule has 0 amide bonds. The Balaban J connectivity index is 2.18. The molecule has 1 saturated carbocycles. The Bertz CT molecular complexity index is 526. The summed E-state index contributed by atoms with van der Waals surface area (Å²) in [5.74, 6) is -0.827. The van der Waals surface area contributed by atoms with E-state index in [2.05, 4.69) is 0 Å². The Labute approximate surface area is 133 Å². The van der Waals surface area contributed by atoms with Crippen LogP contribution in [0.15, 0.2) is 18.2 Å². The molecule has 1 aromatic rings. The predicted molar refractivity (Wildman–Crippen MR) is 78.5 cm³/mol. The monoisotopic (exact) mass is 334 g/mol. The minimum Gasteiger partial charge on any atom is -0.387 e. The standard InChI is InChI=1S/C17H22F4O2/c1-2-3-8-23-11-16(22,13-4-5-13)10-12-9-14(18)6-7-15(12)17(19,20)21/h6-7,9,13,22H,2-5,8,10-11H2,1H3. The Morgan fingerprint density at radius 3 is 2.52 bits per heavy atom. The summed E-state index contributed by atoms with van der Waals surface area (Å²) < 4.78 is 58.1. The van der Waals surface area contributed by atoms with Gasteiger partial charge in [-0.1, -0.05) is 13.3 Å². The lowest BCUT2D eigenvalue weighted by Gasteiger charge is -2.29. The number of hydrogen-bond acceptors (Lipinski definition) is 2. The van der Waals surface area contributed by atoms with Gasteiger partial charge in [0.1, 0.15) is 5.82 Å². The molecule has 1 aromatic carbocycles. The van der Waals surface area contributed by atoms with Crippen molar-refractivity contribution >= 4 is 0 Å². The minimum absolute atomic E-state index is 0.0223. The van der Waals surface area contributed by atoms with Crippen molar-refractivity contribution in [2.45, 2.75) is 50.8 Å². The van der Waals surface area contributed by atoms with Gasteiger partial charge in [-0.2, -0.15) is 13.2 Å². The number of alkyl halides is 3. The second kappa shape index (κ2) is 7.18. The number of benzene rings is 1. The largest absolute Gasteiger partial charge is 0.416 e. The Hall–Kier alpha value is -1.14. The molecule has 1 fully saturated rings. The fourth-order valence-electron chi connectivity index (χ4n) is 2.74. The van der Waals surface area contributed by atoms with Crippen LogP contribution in [0.25, 0.3) is 0 Å². The molecular weight excluding hydrogens is 312 g/mol. The topological polar surface area (TPSA) is 29.5 Å². The van der Waals surface area contributed by atoms with E-state index in [9.17, 15) is 22.7 Å². The summed E-state index contributed by atoms with van der Waals surface area (Å²) in [6, 6.07) is 2.39. The van der Waals surface area contributed by atoms with Gasteiger partial charge in [0.15, 0.2) is 0 Å². The van der Waals surface area contributed by atoms with Gasteiger partial charge in [-0.3, -0.25) is 0 Å². The summed E-state index contributed by atoms with van der Waals surface area (Å²) in [5.41, 5.74) is -2.49. The van der Waals surface area contributed by atoms with Crippen molar-refractivity contribution in [3.05, 3.63) is 35.1 Å². The van der Waals surface area contributed by atoms with Crippen LogP contribution in [0.2, 0.25) is 0 Å². The SMILES string of the molecule is CCCCOCC(O)(Cc1cc(F)ccc1C(F)(F)F)C1CC1.